The van der Waals surface area contributed by atoms with Crippen LogP contribution in [0.4, 0.5) is 0 Å². The van der Waals surface area contributed by atoms with Gasteiger partial charge in [-0.2, -0.15) is 0 Å². The van der Waals surface area contributed by atoms with Gasteiger partial charge in [-0.25, -0.2) is 4.98 Å². The summed E-state index contributed by atoms with van der Waals surface area (Å²) in [6.07, 6.45) is 0. The fraction of sp³-hybridized carbons (Fsp3) is 0.423. The largest absolute Gasteiger partial charge is 0.383 e. The summed E-state index contributed by atoms with van der Waals surface area (Å²) in [5.41, 5.74) is 0.673. The highest BCUT2D eigenvalue weighted by Gasteiger charge is 2.31. The molecule has 0 bridgehead atoms. The number of aromatic nitrogens is 2. The molecule has 0 aliphatic carbocycles. The van der Waals surface area contributed by atoms with E-state index >= 15 is 0 Å². The standard InChI is InChI=1S/C26H32N4O3S/c1-19-17-28(13-14-29(19)24(31)18-34-21-9-5-4-6-10-21)20(2)25-27-23-12-8-7-11-22(23)26(32)30(25)15-16-33-3/h4-12,19-20H,13-18H2,1-3H3. The van der Waals surface area contributed by atoms with Crippen molar-refractivity contribution in [1.82, 2.24) is 19.4 Å². The van der Waals surface area contributed by atoms with E-state index in [0.717, 1.165) is 23.8 Å². The minimum absolute atomic E-state index is 0.0377. The van der Waals surface area contributed by atoms with E-state index in [1.54, 1.807) is 23.4 Å². The van der Waals surface area contributed by atoms with E-state index in [4.69, 9.17) is 9.72 Å². The monoisotopic (exact) mass is 480 g/mol. The molecule has 180 valence electrons. The summed E-state index contributed by atoms with van der Waals surface area (Å²) >= 11 is 1.58. The van der Waals surface area contributed by atoms with Gasteiger partial charge in [-0.15, -0.1) is 11.8 Å². The number of carbonyl (C=O) groups excluding carboxylic acids is 1. The van der Waals surface area contributed by atoms with Crippen LogP contribution in [0, 0.1) is 0 Å². The number of methoxy groups -OCH3 is 1. The fourth-order valence-electron chi connectivity index (χ4n) is 4.52. The van der Waals surface area contributed by atoms with Gasteiger partial charge in [-0.3, -0.25) is 19.1 Å². The van der Waals surface area contributed by atoms with Crippen molar-refractivity contribution in [2.75, 3.05) is 39.1 Å². The van der Waals surface area contributed by atoms with E-state index < -0.39 is 0 Å². The van der Waals surface area contributed by atoms with E-state index in [-0.39, 0.29) is 23.6 Å². The first-order chi connectivity index (χ1) is 16.5. The van der Waals surface area contributed by atoms with E-state index in [1.165, 1.54) is 0 Å². The first kappa shape index (κ1) is 24.4. The first-order valence-electron chi connectivity index (χ1n) is 11.7. The Bertz CT molecular complexity index is 1180. The van der Waals surface area contributed by atoms with Crippen LogP contribution >= 0.6 is 11.8 Å². The third-order valence-corrected chi connectivity index (χ3v) is 7.41. The lowest BCUT2D eigenvalue weighted by Gasteiger charge is -2.42. The van der Waals surface area contributed by atoms with Gasteiger partial charge in [0, 0.05) is 37.7 Å². The van der Waals surface area contributed by atoms with Gasteiger partial charge >= 0.3 is 0 Å². The number of carbonyl (C=O) groups is 1. The molecule has 2 atom stereocenters. The van der Waals surface area contributed by atoms with Gasteiger partial charge in [0.2, 0.25) is 5.91 Å². The summed E-state index contributed by atoms with van der Waals surface area (Å²) < 4.78 is 7.00. The Morgan fingerprint density at radius 2 is 1.88 bits per heavy atom. The van der Waals surface area contributed by atoms with Crippen molar-refractivity contribution in [3.05, 3.63) is 70.8 Å². The lowest BCUT2D eigenvalue weighted by Crippen LogP contribution is -2.55. The number of para-hydroxylation sites is 1. The number of thioether (sulfide) groups is 1. The summed E-state index contributed by atoms with van der Waals surface area (Å²) in [4.78, 5) is 36.4. The number of amides is 1. The van der Waals surface area contributed by atoms with Crippen LogP contribution in [0.1, 0.15) is 25.7 Å². The highest BCUT2D eigenvalue weighted by atomic mass is 32.2. The molecule has 4 rings (SSSR count). The molecule has 7 nitrogen and oxygen atoms in total. The molecule has 2 heterocycles. The fourth-order valence-corrected chi connectivity index (χ4v) is 5.32. The zero-order valence-electron chi connectivity index (χ0n) is 20.0. The van der Waals surface area contributed by atoms with Crippen LogP contribution in [-0.2, 0) is 16.1 Å². The molecular weight excluding hydrogens is 448 g/mol. The Kier molecular flexibility index (Phi) is 8.03. The number of benzene rings is 2. The van der Waals surface area contributed by atoms with Crippen molar-refractivity contribution in [1.29, 1.82) is 0 Å². The zero-order chi connectivity index (χ0) is 24.1. The maximum absolute atomic E-state index is 13.2. The maximum Gasteiger partial charge on any atom is 0.261 e. The van der Waals surface area contributed by atoms with Gasteiger partial charge in [-0.1, -0.05) is 30.3 Å². The number of rotatable bonds is 8. The molecule has 1 aliphatic heterocycles. The Labute approximate surface area is 204 Å². The summed E-state index contributed by atoms with van der Waals surface area (Å²) in [6, 6.07) is 17.5. The molecule has 0 radical (unpaired) electrons. The zero-order valence-corrected chi connectivity index (χ0v) is 20.8. The molecule has 1 aliphatic rings. The quantitative estimate of drug-likeness (QED) is 0.460. The predicted octanol–water partition coefficient (Wildman–Crippen LogP) is 3.43. The molecule has 1 fully saturated rings. The predicted molar refractivity (Wildman–Crippen MR) is 136 cm³/mol. The SMILES string of the molecule is COCCn1c(C(C)N2CCN(C(=O)CSc3ccccc3)C(C)C2)nc2ccccc2c1=O. The van der Waals surface area contributed by atoms with Crippen molar-refractivity contribution >= 4 is 28.6 Å². The minimum atomic E-state index is -0.0624. The Morgan fingerprint density at radius 3 is 2.62 bits per heavy atom. The molecule has 0 spiro atoms. The average molecular weight is 481 g/mol. The summed E-state index contributed by atoms with van der Waals surface area (Å²) in [6.45, 7) is 7.21. The summed E-state index contributed by atoms with van der Waals surface area (Å²) in [5, 5.41) is 0.620. The van der Waals surface area contributed by atoms with Crippen LogP contribution in [0.25, 0.3) is 10.9 Å². The van der Waals surface area contributed by atoms with Crippen LogP contribution < -0.4 is 5.56 Å². The number of fused-ring (bicyclic) bond motifs is 1. The number of hydrogen-bond donors (Lipinski definition) is 0. The Morgan fingerprint density at radius 1 is 1.15 bits per heavy atom. The van der Waals surface area contributed by atoms with Crippen molar-refractivity contribution in [3.8, 4) is 0 Å². The van der Waals surface area contributed by atoms with Crippen molar-refractivity contribution in [3.63, 3.8) is 0 Å². The second-order valence-corrected chi connectivity index (χ2v) is 9.69. The van der Waals surface area contributed by atoms with Gasteiger partial charge < -0.3 is 9.64 Å². The minimum Gasteiger partial charge on any atom is -0.383 e. The first-order valence-corrected chi connectivity index (χ1v) is 12.7. The van der Waals surface area contributed by atoms with Gasteiger partial charge in [0.05, 0.1) is 35.8 Å². The molecule has 2 unspecified atom stereocenters. The number of nitrogens with zero attached hydrogens (tertiary/aromatic N) is 4. The smallest absolute Gasteiger partial charge is 0.261 e. The van der Waals surface area contributed by atoms with E-state index in [2.05, 4.69) is 18.7 Å². The molecule has 1 aromatic heterocycles. The van der Waals surface area contributed by atoms with Gasteiger partial charge in [-0.05, 0) is 38.1 Å². The second-order valence-electron chi connectivity index (χ2n) is 8.65. The molecule has 1 saturated heterocycles. The van der Waals surface area contributed by atoms with Crippen LogP contribution in [0.15, 0.2) is 64.3 Å². The van der Waals surface area contributed by atoms with E-state index in [9.17, 15) is 9.59 Å². The Balaban J connectivity index is 1.48. The van der Waals surface area contributed by atoms with Crippen LogP contribution in [0.2, 0.25) is 0 Å². The van der Waals surface area contributed by atoms with Crippen LogP contribution in [0.3, 0.4) is 0 Å². The second kappa shape index (κ2) is 11.2. The summed E-state index contributed by atoms with van der Waals surface area (Å²) in [5.74, 6) is 1.34. The van der Waals surface area contributed by atoms with Gasteiger partial charge in [0.25, 0.3) is 5.56 Å². The van der Waals surface area contributed by atoms with Gasteiger partial charge in [0.15, 0.2) is 0 Å². The lowest BCUT2D eigenvalue weighted by atomic mass is 10.1. The van der Waals surface area contributed by atoms with E-state index in [1.807, 2.05) is 59.5 Å². The van der Waals surface area contributed by atoms with E-state index in [0.29, 0.717) is 36.4 Å². The highest BCUT2D eigenvalue weighted by molar-refractivity contribution is 8.00. The molecule has 0 N–H and O–H groups in total. The number of hydrogen-bond acceptors (Lipinski definition) is 6. The summed E-state index contributed by atoms with van der Waals surface area (Å²) in [7, 11) is 1.64. The molecular formula is C26H32N4O3S. The maximum atomic E-state index is 13.2. The highest BCUT2D eigenvalue weighted by Crippen LogP contribution is 2.25. The third kappa shape index (κ3) is 5.35. The normalized spacial score (nSPS) is 17.7. The molecule has 0 saturated carbocycles. The van der Waals surface area contributed by atoms with Gasteiger partial charge in [0.1, 0.15) is 5.82 Å². The van der Waals surface area contributed by atoms with Crippen LogP contribution in [-0.4, -0.2) is 70.4 Å². The Hall–Kier alpha value is -2.68. The van der Waals surface area contributed by atoms with Crippen molar-refractivity contribution < 1.29 is 9.53 Å². The van der Waals surface area contributed by atoms with Crippen molar-refractivity contribution in [2.45, 2.75) is 37.4 Å². The van der Waals surface area contributed by atoms with Crippen LogP contribution in [0.5, 0.6) is 0 Å². The molecule has 3 aromatic rings. The molecule has 34 heavy (non-hydrogen) atoms. The molecule has 2 aromatic carbocycles. The number of piperazine rings is 1. The number of ether oxygens (including phenoxy) is 1. The van der Waals surface area contributed by atoms with Crippen molar-refractivity contribution in [2.24, 2.45) is 0 Å². The molecule has 8 heteroatoms. The molecule has 1 amide bonds. The average Bonchev–Trinajstić information content (AvgIpc) is 2.86. The lowest BCUT2D eigenvalue weighted by molar-refractivity contribution is -0.133. The topological polar surface area (TPSA) is 67.7 Å². The third-order valence-electron chi connectivity index (χ3n) is 6.42.